The maximum Gasteiger partial charge on any atom is 0.410 e. The fraction of sp³-hybridized carbons (Fsp3) is 0.676. The molecule has 13 heteroatoms. The Balaban J connectivity index is 1.10. The third kappa shape index (κ3) is 6.35. The highest BCUT2D eigenvalue weighted by atomic mass is 16.6. The van der Waals surface area contributed by atoms with Gasteiger partial charge in [-0.15, -0.1) is 0 Å². The Bertz CT molecular complexity index is 1430. The van der Waals surface area contributed by atoms with Crippen LogP contribution in [0.5, 0.6) is 0 Å². The van der Waals surface area contributed by atoms with Gasteiger partial charge in [0.05, 0.1) is 30.9 Å². The lowest BCUT2D eigenvalue weighted by Crippen LogP contribution is -2.72. The van der Waals surface area contributed by atoms with Gasteiger partial charge in [0, 0.05) is 37.3 Å². The quantitative estimate of drug-likeness (QED) is 0.354. The second-order valence-corrected chi connectivity index (χ2v) is 15.4. The summed E-state index contributed by atoms with van der Waals surface area (Å²) in [5, 5.41) is 18.6. The van der Waals surface area contributed by atoms with E-state index >= 15 is 0 Å². The van der Waals surface area contributed by atoms with Crippen LogP contribution in [0.1, 0.15) is 71.4 Å². The van der Waals surface area contributed by atoms with E-state index in [1.807, 2.05) is 30.7 Å². The summed E-state index contributed by atoms with van der Waals surface area (Å²) in [5.41, 5.74) is 2.43. The Morgan fingerprint density at radius 3 is 2.74 bits per heavy atom. The number of allylic oxidation sites excluding steroid dienone is 1. The van der Waals surface area contributed by atoms with E-state index < -0.39 is 5.60 Å². The van der Waals surface area contributed by atoms with Gasteiger partial charge in [0.15, 0.2) is 0 Å². The number of morpholine rings is 1. The molecule has 4 N–H and O–H groups in total. The summed E-state index contributed by atoms with van der Waals surface area (Å²) in [6.45, 7) is 12.9. The van der Waals surface area contributed by atoms with Crippen LogP contribution in [0.15, 0.2) is 30.4 Å². The van der Waals surface area contributed by atoms with Crippen molar-refractivity contribution in [3.63, 3.8) is 0 Å². The molecule has 47 heavy (non-hydrogen) atoms. The number of nitrogens with zero attached hydrogens (tertiary/aromatic N) is 4. The van der Waals surface area contributed by atoms with Crippen LogP contribution in [0.25, 0.3) is 0 Å². The molecule has 0 aliphatic carbocycles. The lowest BCUT2D eigenvalue weighted by Gasteiger charge is -2.50. The standard InChI is InChI=1S/C34H50N8O5/c1-33(2,3)47-32(45)39-18-21-16-22(10-11-24(21)34(4,5)20-39)36-31-35-17-23-28(38-31)42-26-13-12-25-29(37-26)40(27(43)19-46-25)14-8-6-7-9-15-41(42)30(23)44/h7,9-11,16,23,25-26,28-29,31,35-38H,6,8,12-15,17-20H2,1-5H3/b9-7-. The summed E-state index contributed by atoms with van der Waals surface area (Å²) in [6.07, 6.45) is 6.25. The van der Waals surface area contributed by atoms with E-state index in [2.05, 4.69) is 70.5 Å². The maximum absolute atomic E-state index is 13.8. The van der Waals surface area contributed by atoms with Gasteiger partial charge in [-0.2, -0.15) is 5.01 Å². The molecule has 6 aliphatic heterocycles. The molecule has 1 aromatic rings. The molecule has 13 nitrogen and oxygen atoms in total. The first-order valence-electron chi connectivity index (χ1n) is 17.2. The molecule has 4 fully saturated rings. The van der Waals surface area contributed by atoms with Gasteiger partial charge in [-0.1, -0.05) is 32.1 Å². The summed E-state index contributed by atoms with van der Waals surface area (Å²) in [7, 11) is 0. The van der Waals surface area contributed by atoms with Crippen molar-refractivity contribution < 1.29 is 23.9 Å². The Morgan fingerprint density at radius 2 is 1.94 bits per heavy atom. The van der Waals surface area contributed by atoms with E-state index in [0.29, 0.717) is 32.7 Å². The second-order valence-electron chi connectivity index (χ2n) is 15.4. The second kappa shape index (κ2) is 12.3. The number of hydrogen-bond donors (Lipinski definition) is 4. The number of hydrazine groups is 1. The van der Waals surface area contributed by atoms with Crippen LogP contribution in [0.4, 0.5) is 10.5 Å². The van der Waals surface area contributed by atoms with Crippen molar-refractivity contribution in [3.8, 4) is 0 Å². The molecule has 3 amide bonds. The van der Waals surface area contributed by atoms with Crippen molar-refractivity contribution in [2.75, 3.05) is 38.1 Å². The van der Waals surface area contributed by atoms with Gasteiger partial charge in [-0.05, 0) is 69.7 Å². The van der Waals surface area contributed by atoms with E-state index in [0.717, 1.165) is 36.9 Å². The minimum atomic E-state index is -0.562. The van der Waals surface area contributed by atoms with Crippen molar-refractivity contribution in [2.24, 2.45) is 5.92 Å². The Hall–Kier alpha value is -3.23. The molecule has 6 atom stereocenters. The molecule has 1 aromatic carbocycles. The molecule has 6 heterocycles. The monoisotopic (exact) mass is 650 g/mol. The fourth-order valence-electron chi connectivity index (χ4n) is 8.09. The molecule has 7 rings (SSSR count). The van der Waals surface area contributed by atoms with E-state index in [-0.39, 0.29) is 66.7 Å². The number of amides is 3. The van der Waals surface area contributed by atoms with Crippen molar-refractivity contribution in [1.29, 1.82) is 0 Å². The van der Waals surface area contributed by atoms with Gasteiger partial charge in [-0.3, -0.25) is 30.5 Å². The predicted molar refractivity (Wildman–Crippen MR) is 175 cm³/mol. The number of carbonyl (C=O) groups excluding carboxylic acids is 3. The normalized spacial score (nSPS) is 33.2. The molecular formula is C34H50N8O5. The highest BCUT2D eigenvalue weighted by Crippen LogP contribution is 2.37. The van der Waals surface area contributed by atoms with Gasteiger partial charge < -0.3 is 24.6 Å². The molecule has 0 spiro atoms. The van der Waals surface area contributed by atoms with Gasteiger partial charge in [0.25, 0.3) is 0 Å². The van der Waals surface area contributed by atoms with Crippen molar-refractivity contribution in [2.45, 2.75) is 109 Å². The van der Waals surface area contributed by atoms with E-state index in [4.69, 9.17) is 9.47 Å². The van der Waals surface area contributed by atoms with E-state index in [1.54, 1.807) is 4.90 Å². The molecule has 6 unspecified atom stereocenters. The van der Waals surface area contributed by atoms with Gasteiger partial charge in [-0.25, -0.2) is 4.79 Å². The number of nitrogens with one attached hydrogen (secondary N) is 4. The number of piperidine rings is 1. The van der Waals surface area contributed by atoms with Crippen molar-refractivity contribution in [1.82, 2.24) is 35.8 Å². The third-order valence-corrected chi connectivity index (χ3v) is 10.2. The van der Waals surface area contributed by atoms with Crippen LogP contribution < -0.4 is 21.3 Å². The number of carbonyl (C=O) groups is 3. The van der Waals surface area contributed by atoms with Crippen LogP contribution in [0, 0.1) is 5.92 Å². The fourth-order valence-corrected chi connectivity index (χ4v) is 8.09. The molecule has 256 valence electrons. The Morgan fingerprint density at radius 1 is 1.11 bits per heavy atom. The first kappa shape index (κ1) is 32.3. The molecule has 4 saturated heterocycles. The van der Waals surface area contributed by atoms with Crippen LogP contribution in [0.2, 0.25) is 0 Å². The lowest BCUT2D eigenvalue weighted by molar-refractivity contribution is -0.176. The summed E-state index contributed by atoms with van der Waals surface area (Å²) in [5.74, 6) is -0.164. The molecule has 0 radical (unpaired) electrons. The molecule has 6 aliphatic rings. The maximum atomic E-state index is 13.8. The minimum Gasteiger partial charge on any atom is -0.444 e. The zero-order valence-electron chi connectivity index (χ0n) is 28.3. The largest absolute Gasteiger partial charge is 0.444 e. The topological polar surface area (TPSA) is 131 Å². The lowest BCUT2D eigenvalue weighted by atomic mass is 9.78. The molecular weight excluding hydrogens is 600 g/mol. The number of rotatable bonds is 2. The average molecular weight is 651 g/mol. The average Bonchev–Trinajstić information content (AvgIpc) is 3.27. The molecule has 0 saturated carbocycles. The third-order valence-electron chi connectivity index (χ3n) is 10.2. The predicted octanol–water partition coefficient (Wildman–Crippen LogP) is 2.22. The summed E-state index contributed by atoms with van der Waals surface area (Å²) in [6, 6.07) is 6.36. The summed E-state index contributed by atoms with van der Waals surface area (Å²) >= 11 is 0. The number of benzene rings is 1. The van der Waals surface area contributed by atoms with E-state index in [9.17, 15) is 14.4 Å². The highest BCUT2D eigenvalue weighted by Gasteiger charge is 2.53. The number of ether oxygens (including phenoxy) is 2. The number of anilines is 1. The molecule has 0 aromatic heterocycles. The highest BCUT2D eigenvalue weighted by molar-refractivity contribution is 5.82. The number of fused-ring (bicyclic) bond motifs is 6. The van der Waals surface area contributed by atoms with Gasteiger partial charge >= 0.3 is 6.09 Å². The van der Waals surface area contributed by atoms with Crippen molar-refractivity contribution in [3.05, 3.63) is 41.5 Å². The summed E-state index contributed by atoms with van der Waals surface area (Å²) in [4.78, 5) is 43.5. The smallest absolute Gasteiger partial charge is 0.410 e. The van der Waals surface area contributed by atoms with Crippen LogP contribution in [-0.4, -0.2) is 107 Å². The Kier molecular flexibility index (Phi) is 8.49. The first-order chi connectivity index (χ1) is 22.4. The zero-order chi connectivity index (χ0) is 33.1. The molecule has 2 bridgehead atoms. The van der Waals surface area contributed by atoms with Gasteiger partial charge in [0.1, 0.15) is 24.7 Å². The SMILES string of the molecule is CC(C)(C)OC(=O)N1Cc2cc(NC3NCC4C(=O)N5C/C=C\CCCN6C(=O)COC7CCC(NC76)N5C4N3)ccc2C(C)(C)C1. The number of hydrogen-bond acceptors (Lipinski definition) is 10. The minimum absolute atomic E-state index is 0.0135. The van der Waals surface area contributed by atoms with Crippen molar-refractivity contribution >= 4 is 23.6 Å². The van der Waals surface area contributed by atoms with Gasteiger partial charge in [0.2, 0.25) is 11.8 Å². The van der Waals surface area contributed by atoms with E-state index in [1.165, 1.54) is 5.56 Å². The first-order valence-corrected chi connectivity index (χ1v) is 17.2. The van der Waals surface area contributed by atoms with Crippen LogP contribution >= 0.6 is 0 Å². The van der Waals surface area contributed by atoms with Crippen LogP contribution in [-0.2, 0) is 31.0 Å². The zero-order valence-corrected chi connectivity index (χ0v) is 28.3. The van der Waals surface area contributed by atoms with Crippen LogP contribution in [0.3, 0.4) is 0 Å². The Labute approximate surface area is 277 Å². The summed E-state index contributed by atoms with van der Waals surface area (Å²) < 4.78 is 11.7.